The van der Waals surface area contributed by atoms with Gasteiger partial charge in [-0.1, -0.05) is 6.92 Å². The highest BCUT2D eigenvalue weighted by Gasteiger charge is 2.23. The third-order valence-corrected chi connectivity index (χ3v) is 4.65. The Balaban J connectivity index is 2.19. The monoisotopic (exact) mass is 235 g/mol. The summed E-state index contributed by atoms with van der Waals surface area (Å²) in [6.07, 6.45) is 2.26. The van der Waals surface area contributed by atoms with Crippen molar-refractivity contribution in [1.29, 1.82) is 0 Å². The summed E-state index contributed by atoms with van der Waals surface area (Å²) in [6, 6.07) is 0.342. The summed E-state index contributed by atoms with van der Waals surface area (Å²) in [5, 5.41) is 12.1. The van der Waals surface area contributed by atoms with E-state index in [4.69, 9.17) is 5.11 Å². The molecular weight excluding hydrogens is 214 g/mol. The average Bonchev–Trinajstić information content (AvgIpc) is 2.17. The summed E-state index contributed by atoms with van der Waals surface area (Å²) < 4.78 is 22.4. The fourth-order valence-corrected chi connectivity index (χ4v) is 3.28. The van der Waals surface area contributed by atoms with Crippen LogP contribution in [0.15, 0.2) is 0 Å². The van der Waals surface area contributed by atoms with E-state index >= 15 is 0 Å². The Kier molecular flexibility index (Phi) is 5.02. The van der Waals surface area contributed by atoms with Crippen LogP contribution < -0.4 is 5.32 Å². The second-order valence-electron chi connectivity index (χ2n) is 4.45. The minimum atomic E-state index is -2.74. The molecule has 5 heteroatoms. The SMILES string of the molecule is CC(CCO)CNC1CCS(=O)(=O)CC1. The van der Waals surface area contributed by atoms with Crippen molar-refractivity contribution in [3.05, 3.63) is 0 Å². The van der Waals surface area contributed by atoms with Crippen molar-refractivity contribution in [2.24, 2.45) is 5.92 Å². The van der Waals surface area contributed by atoms with Gasteiger partial charge in [0.05, 0.1) is 11.5 Å². The van der Waals surface area contributed by atoms with Gasteiger partial charge in [0, 0.05) is 12.6 Å². The van der Waals surface area contributed by atoms with Crippen molar-refractivity contribution in [3.8, 4) is 0 Å². The lowest BCUT2D eigenvalue weighted by molar-refractivity contribution is 0.257. The van der Waals surface area contributed by atoms with Crippen molar-refractivity contribution in [1.82, 2.24) is 5.32 Å². The van der Waals surface area contributed by atoms with E-state index in [0.29, 0.717) is 23.5 Å². The third-order valence-electron chi connectivity index (χ3n) is 2.93. The Labute approximate surface area is 92.0 Å². The molecule has 0 aromatic heterocycles. The van der Waals surface area contributed by atoms with Gasteiger partial charge in [-0.3, -0.25) is 0 Å². The molecule has 1 saturated heterocycles. The Morgan fingerprint density at radius 1 is 1.40 bits per heavy atom. The first-order chi connectivity index (χ1) is 7.03. The molecule has 0 aromatic carbocycles. The first-order valence-corrected chi connectivity index (χ1v) is 7.40. The molecule has 1 aliphatic heterocycles. The highest BCUT2D eigenvalue weighted by Crippen LogP contribution is 2.12. The molecule has 1 fully saturated rings. The van der Waals surface area contributed by atoms with Crippen molar-refractivity contribution in [2.45, 2.75) is 32.2 Å². The highest BCUT2D eigenvalue weighted by atomic mass is 32.2. The van der Waals surface area contributed by atoms with Crippen molar-refractivity contribution in [3.63, 3.8) is 0 Å². The van der Waals surface area contributed by atoms with Crippen LogP contribution in [0.25, 0.3) is 0 Å². The number of hydrogen-bond acceptors (Lipinski definition) is 4. The average molecular weight is 235 g/mol. The summed E-state index contributed by atoms with van der Waals surface area (Å²) in [4.78, 5) is 0. The number of nitrogens with one attached hydrogen (secondary N) is 1. The van der Waals surface area contributed by atoms with Crippen molar-refractivity contribution in [2.75, 3.05) is 24.7 Å². The van der Waals surface area contributed by atoms with E-state index in [2.05, 4.69) is 12.2 Å². The van der Waals surface area contributed by atoms with Gasteiger partial charge in [-0.2, -0.15) is 0 Å². The molecule has 0 spiro atoms. The molecule has 0 amide bonds. The Hall–Kier alpha value is -0.130. The molecule has 1 unspecified atom stereocenters. The molecule has 0 saturated carbocycles. The maximum Gasteiger partial charge on any atom is 0.150 e. The Bertz CT molecular complexity index is 262. The van der Waals surface area contributed by atoms with E-state index in [-0.39, 0.29) is 6.61 Å². The quantitative estimate of drug-likeness (QED) is 0.713. The molecule has 0 bridgehead atoms. The second kappa shape index (κ2) is 5.82. The normalized spacial score (nSPS) is 23.9. The molecule has 90 valence electrons. The van der Waals surface area contributed by atoms with Crippen LogP contribution in [0.3, 0.4) is 0 Å². The topological polar surface area (TPSA) is 66.4 Å². The van der Waals surface area contributed by atoms with Gasteiger partial charge < -0.3 is 10.4 Å². The second-order valence-corrected chi connectivity index (χ2v) is 6.76. The van der Waals surface area contributed by atoms with Crippen LogP contribution in [0.2, 0.25) is 0 Å². The minimum Gasteiger partial charge on any atom is -0.396 e. The summed E-state index contributed by atoms with van der Waals surface area (Å²) in [5.74, 6) is 1.09. The molecule has 0 aliphatic carbocycles. The highest BCUT2D eigenvalue weighted by molar-refractivity contribution is 7.91. The van der Waals surface area contributed by atoms with Gasteiger partial charge >= 0.3 is 0 Å². The lowest BCUT2D eigenvalue weighted by Gasteiger charge is -2.24. The fourth-order valence-electron chi connectivity index (χ4n) is 1.78. The molecule has 0 radical (unpaired) electrons. The van der Waals surface area contributed by atoms with E-state index in [9.17, 15) is 8.42 Å². The zero-order valence-corrected chi connectivity index (χ0v) is 10.1. The van der Waals surface area contributed by atoms with Gasteiger partial charge in [-0.25, -0.2) is 8.42 Å². The number of sulfone groups is 1. The third kappa shape index (κ3) is 4.95. The van der Waals surface area contributed by atoms with Crippen LogP contribution in [0.5, 0.6) is 0 Å². The van der Waals surface area contributed by atoms with Crippen molar-refractivity contribution < 1.29 is 13.5 Å². The van der Waals surface area contributed by atoms with Gasteiger partial charge in [-0.15, -0.1) is 0 Å². The van der Waals surface area contributed by atoms with E-state index in [1.807, 2.05) is 0 Å². The molecule has 1 aliphatic rings. The van der Waals surface area contributed by atoms with Crippen LogP contribution >= 0.6 is 0 Å². The number of rotatable bonds is 5. The summed E-state index contributed by atoms with van der Waals surface area (Å²) >= 11 is 0. The van der Waals surface area contributed by atoms with E-state index in [1.165, 1.54) is 0 Å². The number of hydrogen-bond donors (Lipinski definition) is 2. The Morgan fingerprint density at radius 3 is 2.53 bits per heavy atom. The lowest BCUT2D eigenvalue weighted by Crippen LogP contribution is -2.39. The van der Waals surface area contributed by atoms with Crippen molar-refractivity contribution >= 4 is 9.84 Å². The maximum atomic E-state index is 11.2. The molecular formula is C10H21NO3S. The summed E-state index contributed by atoms with van der Waals surface area (Å²) in [7, 11) is -2.74. The standard InChI is InChI=1S/C10H21NO3S/c1-9(2-5-12)8-11-10-3-6-15(13,14)7-4-10/h9-12H,2-8H2,1H3. The van der Waals surface area contributed by atoms with Gasteiger partial charge in [0.25, 0.3) is 0 Å². The zero-order chi connectivity index (χ0) is 11.3. The van der Waals surface area contributed by atoms with E-state index in [0.717, 1.165) is 25.8 Å². The first-order valence-electron chi connectivity index (χ1n) is 5.58. The summed E-state index contributed by atoms with van der Waals surface area (Å²) in [5.41, 5.74) is 0. The number of aliphatic hydroxyl groups is 1. The van der Waals surface area contributed by atoms with Crippen LogP contribution in [0, 0.1) is 5.92 Å². The molecule has 1 heterocycles. The molecule has 2 N–H and O–H groups in total. The zero-order valence-electron chi connectivity index (χ0n) is 9.28. The minimum absolute atomic E-state index is 0.224. The lowest BCUT2D eigenvalue weighted by atomic mass is 10.1. The summed E-state index contributed by atoms with van der Waals surface area (Å²) in [6.45, 7) is 3.18. The van der Waals surface area contributed by atoms with Crippen LogP contribution in [-0.4, -0.2) is 44.2 Å². The van der Waals surface area contributed by atoms with Gasteiger partial charge in [0.2, 0.25) is 0 Å². The number of aliphatic hydroxyl groups excluding tert-OH is 1. The fraction of sp³-hybridized carbons (Fsp3) is 1.00. The van der Waals surface area contributed by atoms with Gasteiger partial charge in [-0.05, 0) is 31.7 Å². The molecule has 15 heavy (non-hydrogen) atoms. The van der Waals surface area contributed by atoms with E-state index in [1.54, 1.807) is 0 Å². The predicted octanol–water partition coefficient (Wildman–Crippen LogP) is 0.172. The largest absolute Gasteiger partial charge is 0.396 e. The van der Waals surface area contributed by atoms with E-state index < -0.39 is 9.84 Å². The van der Waals surface area contributed by atoms with Gasteiger partial charge in [0.1, 0.15) is 9.84 Å². The van der Waals surface area contributed by atoms with Gasteiger partial charge in [0.15, 0.2) is 0 Å². The Morgan fingerprint density at radius 2 is 2.00 bits per heavy atom. The molecule has 1 rings (SSSR count). The smallest absolute Gasteiger partial charge is 0.150 e. The van der Waals surface area contributed by atoms with Crippen LogP contribution in [0.4, 0.5) is 0 Å². The predicted molar refractivity (Wildman–Crippen MR) is 60.5 cm³/mol. The molecule has 4 nitrogen and oxygen atoms in total. The van der Waals surface area contributed by atoms with Crippen LogP contribution in [0.1, 0.15) is 26.2 Å². The van der Waals surface area contributed by atoms with Crippen LogP contribution in [-0.2, 0) is 9.84 Å². The maximum absolute atomic E-state index is 11.2. The molecule has 1 atom stereocenters. The molecule has 0 aromatic rings. The first kappa shape index (κ1) is 12.9.